The van der Waals surface area contributed by atoms with Crippen molar-refractivity contribution in [3.05, 3.63) is 0 Å². The van der Waals surface area contributed by atoms with Gasteiger partial charge in [-0.3, -0.25) is 4.79 Å². The molecule has 1 aliphatic carbocycles. The van der Waals surface area contributed by atoms with E-state index in [1.54, 1.807) is 0 Å². The summed E-state index contributed by atoms with van der Waals surface area (Å²) in [6.07, 6.45) is 10.3. The molecule has 0 aromatic heterocycles. The fraction of sp³-hybridized carbons (Fsp3) is 0.944. The third-order valence-electron chi connectivity index (χ3n) is 5.91. The van der Waals surface area contributed by atoms with Crippen molar-refractivity contribution in [2.24, 2.45) is 5.92 Å². The molecule has 5 heteroatoms. The Balaban J connectivity index is 1.39. The molecule has 2 saturated heterocycles. The molecule has 2 N–H and O–H groups in total. The van der Waals surface area contributed by atoms with Gasteiger partial charge in [-0.15, -0.1) is 0 Å². The second-order valence-corrected chi connectivity index (χ2v) is 8.92. The Morgan fingerprint density at radius 2 is 1.74 bits per heavy atom. The number of hydrogen-bond acceptors (Lipinski definition) is 4. The summed E-state index contributed by atoms with van der Waals surface area (Å²) in [5.74, 6) is 2.56. The summed E-state index contributed by atoms with van der Waals surface area (Å²) in [6.45, 7) is 3.44. The molecule has 2 aliphatic heterocycles. The van der Waals surface area contributed by atoms with Crippen molar-refractivity contribution < 1.29 is 9.90 Å². The average Bonchev–Trinajstić information content (AvgIpc) is 2.58. The second kappa shape index (κ2) is 8.21. The molecule has 23 heavy (non-hydrogen) atoms. The molecule has 3 aliphatic rings. The van der Waals surface area contributed by atoms with Crippen LogP contribution in [0.5, 0.6) is 0 Å². The van der Waals surface area contributed by atoms with E-state index in [4.69, 9.17) is 0 Å². The summed E-state index contributed by atoms with van der Waals surface area (Å²) < 4.78 is 0. The highest BCUT2D eigenvalue weighted by Gasteiger charge is 2.38. The normalized spacial score (nSPS) is 27.7. The molecular weight excluding hydrogens is 308 g/mol. The lowest BCUT2D eigenvalue weighted by Crippen LogP contribution is -2.54. The Kier molecular flexibility index (Phi) is 6.27. The molecule has 0 spiro atoms. The summed E-state index contributed by atoms with van der Waals surface area (Å²) in [7, 11) is 0. The molecule has 0 unspecified atom stereocenters. The van der Waals surface area contributed by atoms with Gasteiger partial charge in [0.05, 0.1) is 0 Å². The van der Waals surface area contributed by atoms with Gasteiger partial charge in [-0.25, -0.2) is 0 Å². The second-order valence-electron chi connectivity index (χ2n) is 7.70. The number of nitrogens with one attached hydrogen (secondary N) is 1. The van der Waals surface area contributed by atoms with Crippen LogP contribution in [0.1, 0.15) is 57.8 Å². The molecule has 0 bridgehead atoms. The Morgan fingerprint density at radius 3 is 2.39 bits per heavy atom. The molecule has 2 heterocycles. The van der Waals surface area contributed by atoms with E-state index in [0.29, 0.717) is 12.8 Å². The molecule has 132 valence electrons. The highest BCUT2D eigenvalue weighted by Crippen LogP contribution is 2.28. The Bertz CT molecular complexity index is 384. The van der Waals surface area contributed by atoms with Crippen LogP contribution in [0.4, 0.5) is 0 Å². The number of carbonyl (C=O) groups excluding carboxylic acids is 1. The van der Waals surface area contributed by atoms with Gasteiger partial charge in [0.15, 0.2) is 0 Å². The number of aliphatic hydroxyl groups is 1. The predicted octanol–water partition coefficient (Wildman–Crippen LogP) is 2.41. The Hall–Kier alpha value is -0.260. The first-order valence-electron chi connectivity index (χ1n) is 9.49. The number of piperidine rings is 1. The number of nitrogens with zero attached hydrogens (tertiary/aromatic N) is 1. The number of likely N-dealkylation sites (tertiary alicyclic amines) is 1. The first kappa shape index (κ1) is 17.6. The van der Waals surface area contributed by atoms with Crippen LogP contribution in [0.3, 0.4) is 0 Å². The van der Waals surface area contributed by atoms with E-state index in [1.165, 1.54) is 38.6 Å². The highest BCUT2D eigenvalue weighted by molar-refractivity contribution is 7.99. The molecule has 1 saturated carbocycles. The maximum atomic E-state index is 12.4. The number of thioether (sulfide) groups is 1. The minimum absolute atomic E-state index is 0.122. The molecule has 4 nitrogen and oxygen atoms in total. The van der Waals surface area contributed by atoms with Crippen LogP contribution in [0.25, 0.3) is 0 Å². The third-order valence-corrected chi connectivity index (χ3v) is 6.89. The molecule has 1 amide bonds. The fourth-order valence-corrected chi connectivity index (χ4v) is 5.42. The van der Waals surface area contributed by atoms with Gasteiger partial charge in [-0.1, -0.05) is 19.3 Å². The van der Waals surface area contributed by atoms with E-state index in [1.807, 2.05) is 11.8 Å². The molecule has 3 fully saturated rings. The zero-order valence-electron chi connectivity index (χ0n) is 14.3. The smallest absolute Gasteiger partial charge is 0.252 e. The van der Waals surface area contributed by atoms with Crippen molar-refractivity contribution in [2.75, 3.05) is 31.1 Å². The zero-order chi connectivity index (χ0) is 16.1. The van der Waals surface area contributed by atoms with Crippen molar-refractivity contribution in [2.45, 2.75) is 69.4 Å². The Morgan fingerprint density at radius 1 is 1.09 bits per heavy atom. The van der Waals surface area contributed by atoms with Crippen molar-refractivity contribution in [3.63, 3.8) is 0 Å². The number of rotatable bonds is 4. The van der Waals surface area contributed by atoms with Gasteiger partial charge in [-0.2, -0.15) is 11.8 Å². The molecule has 0 aromatic rings. The maximum Gasteiger partial charge on any atom is 0.252 e. The van der Waals surface area contributed by atoms with Gasteiger partial charge in [0.25, 0.3) is 5.91 Å². The fourth-order valence-electron chi connectivity index (χ4n) is 4.25. The first-order chi connectivity index (χ1) is 11.2. The van der Waals surface area contributed by atoms with Crippen molar-refractivity contribution in [1.82, 2.24) is 10.2 Å². The quantitative estimate of drug-likeness (QED) is 0.825. The summed E-state index contributed by atoms with van der Waals surface area (Å²) in [6, 6.07) is 0.253. The van der Waals surface area contributed by atoms with Gasteiger partial charge >= 0.3 is 0 Å². The van der Waals surface area contributed by atoms with Crippen LogP contribution < -0.4 is 5.32 Å². The highest BCUT2D eigenvalue weighted by atomic mass is 32.2. The summed E-state index contributed by atoms with van der Waals surface area (Å²) >= 11 is 1.83. The summed E-state index contributed by atoms with van der Waals surface area (Å²) in [4.78, 5) is 15.0. The van der Waals surface area contributed by atoms with Gasteiger partial charge < -0.3 is 15.3 Å². The van der Waals surface area contributed by atoms with Crippen LogP contribution in [0.2, 0.25) is 0 Å². The van der Waals surface area contributed by atoms with Crippen LogP contribution in [-0.4, -0.2) is 58.7 Å². The van der Waals surface area contributed by atoms with Crippen LogP contribution in [-0.2, 0) is 4.79 Å². The standard InChI is InChI=1S/C18H32N2O2S/c21-17(18(22)8-12-23-13-9-18)19-16-6-10-20(11-7-16)14-15-4-2-1-3-5-15/h15-16,22H,1-14H2,(H,19,21). The van der Waals surface area contributed by atoms with E-state index in [0.717, 1.165) is 43.4 Å². The lowest BCUT2D eigenvalue weighted by molar-refractivity contribution is -0.141. The maximum absolute atomic E-state index is 12.4. The van der Waals surface area contributed by atoms with Crippen LogP contribution in [0, 0.1) is 5.92 Å². The van der Waals surface area contributed by atoms with E-state index in [2.05, 4.69) is 10.2 Å². The third kappa shape index (κ3) is 4.86. The van der Waals surface area contributed by atoms with E-state index >= 15 is 0 Å². The molecular formula is C18H32N2O2S. The van der Waals surface area contributed by atoms with Crippen molar-refractivity contribution in [3.8, 4) is 0 Å². The predicted molar refractivity (Wildman–Crippen MR) is 95.7 cm³/mol. The van der Waals surface area contributed by atoms with E-state index < -0.39 is 5.60 Å². The van der Waals surface area contributed by atoms with E-state index in [-0.39, 0.29) is 11.9 Å². The average molecular weight is 341 g/mol. The van der Waals surface area contributed by atoms with Gasteiger partial charge in [0.2, 0.25) is 0 Å². The van der Waals surface area contributed by atoms with Crippen LogP contribution in [0.15, 0.2) is 0 Å². The minimum Gasteiger partial charge on any atom is -0.380 e. The van der Waals surface area contributed by atoms with Gasteiger partial charge in [-0.05, 0) is 55.9 Å². The number of hydrogen-bond donors (Lipinski definition) is 2. The molecule has 0 atom stereocenters. The van der Waals surface area contributed by atoms with Crippen LogP contribution >= 0.6 is 11.8 Å². The summed E-state index contributed by atoms with van der Waals surface area (Å²) in [5, 5.41) is 13.6. The molecule has 3 rings (SSSR count). The SMILES string of the molecule is O=C(NC1CCN(CC2CCCCC2)CC1)C1(O)CCSCC1. The van der Waals surface area contributed by atoms with Gasteiger partial charge in [0.1, 0.15) is 5.60 Å². The number of carbonyl (C=O) groups is 1. The van der Waals surface area contributed by atoms with Crippen molar-refractivity contribution in [1.29, 1.82) is 0 Å². The van der Waals surface area contributed by atoms with E-state index in [9.17, 15) is 9.90 Å². The van der Waals surface area contributed by atoms with Gasteiger partial charge in [0, 0.05) is 25.7 Å². The number of amides is 1. The lowest BCUT2D eigenvalue weighted by atomic mass is 9.88. The topological polar surface area (TPSA) is 52.6 Å². The Labute approximate surface area is 144 Å². The monoisotopic (exact) mass is 340 g/mol. The zero-order valence-corrected chi connectivity index (χ0v) is 15.1. The van der Waals surface area contributed by atoms with Crippen molar-refractivity contribution >= 4 is 17.7 Å². The largest absolute Gasteiger partial charge is 0.380 e. The summed E-state index contributed by atoms with van der Waals surface area (Å²) in [5.41, 5.74) is -1.11. The lowest BCUT2D eigenvalue weighted by Gasteiger charge is -2.37. The molecule has 0 aromatic carbocycles. The molecule has 0 radical (unpaired) electrons. The first-order valence-corrected chi connectivity index (χ1v) is 10.6. The minimum atomic E-state index is -1.11.